The summed E-state index contributed by atoms with van der Waals surface area (Å²) < 4.78 is 87.5. The van der Waals surface area contributed by atoms with Crippen LogP contribution in [0.4, 0.5) is 32.6 Å². The van der Waals surface area contributed by atoms with E-state index in [9.17, 15) is 36.6 Å². The minimum absolute atomic E-state index is 0.0731. The number of aromatic nitrogens is 1. The van der Waals surface area contributed by atoms with Crippen molar-refractivity contribution in [3.8, 4) is 11.8 Å². The number of aliphatic hydroxyl groups excluding tert-OH is 1. The average Bonchev–Trinajstić information content (AvgIpc) is 3.41. The minimum atomic E-state index is -4.93. The zero-order valence-corrected chi connectivity index (χ0v) is 34.2. The summed E-state index contributed by atoms with van der Waals surface area (Å²) in [5.74, 6) is 4.25. The van der Waals surface area contributed by atoms with Crippen LogP contribution in [0.3, 0.4) is 0 Å². The molecule has 4 fully saturated rings. The maximum Gasteiger partial charge on any atom is 0.407 e. The molecule has 0 spiro atoms. The van der Waals surface area contributed by atoms with Gasteiger partial charge in [-0.25, -0.2) is 18.6 Å². The molecule has 328 valence electrons. The second kappa shape index (κ2) is 18.6. The average molecular weight is 855 g/mol. The molecule has 4 aliphatic rings. The third-order valence-corrected chi connectivity index (χ3v) is 12.3. The number of alkyl halides is 3. The summed E-state index contributed by atoms with van der Waals surface area (Å²) in [6, 6.07) is 11.4. The topological polar surface area (TPSA) is 138 Å². The lowest BCUT2D eigenvalue weighted by atomic mass is 9.82. The second-order valence-corrected chi connectivity index (χ2v) is 16.8. The summed E-state index contributed by atoms with van der Waals surface area (Å²) in [4.78, 5) is 35.4. The van der Waals surface area contributed by atoms with Crippen LogP contribution >= 0.6 is 0 Å². The van der Waals surface area contributed by atoms with E-state index >= 15 is 0 Å². The quantitative estimate of drug-likeness (QED) is 0.136. The second-order valence-electron chi connectivity index (χ2n) is 16.8. The number of hydrogen-bond donors (Lipinski definition) is 4. The summed E-state index contributed by atoms with van der Waals surface area (Å²) in [6.45, 7) is 5.09. The van der Waals surface area contributed by atoms with Crippen molar-refractivity contribution in [3.05, 3.63) is 94.2 Å². The molecule has 5 atom stereocenters. The normalized spacial score (nSPS) is 21.0. The third kappa shape index (κ3) is 10.1. The van der Waals surface area contributed by atoms with Gasteiger partial charge in [0.05, 0.1) is 57.1 Å². The van der Waals surface area contributed by atoms with E-state index in [1.807, 2.05) is 17.4 Å². The first kappa shape index (κ1) is 44.2. The SMILES string of the molecule is COC(=O)N[C@H](C(=O)N[C@@H](Cc1ccc(C#Cc2ccc(N3CC4CCC(C3)N4C3COC3)nc2)cc1)[C@@H](O)CNCc1c(F)cc(C2COC2)cc1F)C(C)(C)C(F)(F)F. The van der Waals surface area contributed by atoms with Gasteiger partial charge in [0.1, 0.15) is 23.5 Å². The fourth-order valence-electron chi connectivity index (χ4n) is 8.29. The molecule has 0 aliphatic carbocycles. The number of fused-ring (bicyclic) bond motifs is 2. The molecule has 61 heavy (non-hydrogen) atoms. The molecule has 0 saturated carbocycles. The standard InChI is InChI=1S/C44H51F5N6O6/c1-43(2,44(47,48)49)40(53-42(58)59-3)41(57)52-37(38(56)19-50-18-34-35(45)15-29(16-36(34)46)30-22-60-23-30)14-27-7-4-26(5-8-27)6-9-28-10-13-39(51-17-28)54-20-31-11-12-32(21-54)55(31)33-24-61-25-33/h4-5,7-8,10,13,15-17,30-33,37-38,40,50,56H,11-12,14,18-25H2,1-3H3,(H,52,57)(H,53,58)/t31?,32?,37-,38-,40+/m0/s1. The van der Waals surface area contributed by atoms with Gasteiger partial charge in [-0.1, -0.05) is 24.0 Å². The fourth-order valence-corrected chi connectivity index (χ4v) is 8.29. The Morgan fingerprint density at radius 2 is 1.54 bits per heavy atom. The lowest BCUT2D eigenvalue weighted by Gasteiger charge is -2.47. The van der Waals surface area contributed by atoms with Gasteiger partial charge in [0.25, 0.3) is 0 Å². The number of anilines is 1. The minimum Gasteiger partial charge on any atom is -0.453 e. The monoisotopic (exact) mass is 854 g/mol. The van der Waals surface area contributed by atoms with E-state index in [0.717, 1.165) is 58.6 Å². The predicted octanol–water partition coefficient (Wildman–Crippen LogP) is 4.42. The Morgan fingerprint density at radius 3 is 2.08 bits per heavy atom. The van der Waals surface area contributed by atoms with Crippen LogP contribution in [0.5, 0.6) is 0 Å². The number of ether oxygens (including phenoxy) is 3. The molecular weight excluding hydrogens is 804 g/mol. The fraction of sp³-hybridized carbons (Fsp3) is 0.523. The number of nitrogens with zero attached hydrogens (tertiary/aromatic N) is 3. The van der Waals surface area contributed by atoms with Gasteiger partial charge in [0.15, 0.2) is 0 Å². The van der Waals surface area contributed by atoms with Crippen molar-refractivity contribution in [1.29, 1.82) is 0 Å². The van der Waals surface area contributed by atoms with Crippen LogP contribution < -0.4 is 20.9 Å². The van der Waals surface area contributed by atoms with Crippen LogP contribution in [-0.2, 0) is 32.0 Å². The number of methoxy groups -OCH3 is 1. The van der Waals surface area contributed by atoms with Crippen LogP contribution in [0, 0.1) is 28.9 Å². The number of carbonyl (C=O) groups excluding carboxylic acids is 2. The number of pyridine rings is 1. The van der Waals surface area contributed by atoms with Gasteiger partial charge in [0, 0.05) is 67.1 Å². The zero-order valence-electron chi connectivity index (χ0n) is 34.2. The van der Waals surface area contributed by atoms with Crippen molar-refractivity contribution >= 4 is 17.8 Å². The Hall–Kier alpha value is -4.86. The first-order valence-corrected chi connectivity index (χ1v) is 20.4. The summed E-state index contributed by atoms with van der Waals surface area (Å²) in [5.41, 5.74) is -0.602. The Labute approximate surface area is 351 Å². The smallest absolute Gasteiger partial charge is 0.407 e. The number of hydrogen-bond acceptors (Lipinski definition) is 10. The zero-order chi connectivity index (χ0) is 43.5. The van der Waals surface area contributed by atoms with E-state index in [1.54, 1.807) is 30.5 Å². The van der Waals surface area contributed by atoms with Crippen molar-refractivity contribution in [2.24, 2.45) is 5.41 Å². The lowest BCUT2D eigenvalue weighted by Crippen LogP contribution is -2.62. The Balaban J connectivity index is 1.02. The molecule has 2 amide bonds. The molecule has 12 nitrogen and oxygen atoms in total. The molecule has 5 heterocycles. The molecule has 0 radical (unpaired) electrons. The summed E-state index contributed by atoms with van der Waals surface area (Å²) in [5, 5.41) is 18.6. The van der Waals surface area contributed by atoms with E-state index in [0.29, 0.717) is 48.0 Å². The first-order valence-electron chi connectivity index (χ1n) is 20.4. The number of rotatable bonds is 14. The number of halogens is 5. The summed E-state index contributed by atoms with van der Waals surface area (Å²) >= 11 is 0. The number of alkyl carbamates (subject to hydrolysis) is 1. The van der Waals surface area contributed by atoms with Gasteiger partial charge in [-0.15, -0.1) is 0 Å². The van der Waals surface area contributed by atoms with Crippen molar-refractivity contribution in [2.45, 2.75) is 88.1 Å². The summed E-state index contributed by atoms with van der Waals surface area (Å²) in [6.07, 6.45) is -3.63. The molecule has 7 rings (SSSR count). The number of piperazine rings is 1. The van der Waals surface area contributed by atoms with Gasteiger partial charge >= 0.3 is 12.3 Å². The van der Waals surface area contributed by atoms with Crippen LogP contribution in [-0.4, -0.2) is 123 Å². The van der Waals surface area contributed by atoms with E-state index in [2.05, 4.69) is 37.0 Å². The van der Waals surface area contributed by atoms with E-state index in [1.165, 1.54) is 25.0 Å². The predicted molar refractivity (Wildman–Crippen MR) is 215 cm³/mol. The maximum atomic E-state index is 14.9. The number of nitrogens with one attached hydrogen (secondary N) is 3. The highest BCUT2D eigenvalue weighted by Gasteiger charge is 2.56. The number of benzene rings is 2. The Kier molecular flexibility index (Phi) is 13.5. The molecule has 2 bridgehead atoms. The highest BCUT2D eigenvalue weighted by Crippen LogP contribution is 2.41. The highest BCUT2D eigenvalue weighted by atomic mass is 19.4. The van der Waals surface area contributed by atoms with Crippen LogP contribution in [0.2, 0.25) is 0 Å². The molecule has 4 N–H and O–H groups in total. The van der Waals surface area contributed by atoms with Gasteiger partial charge in [-0.05, 0) is 80.6 Å². The van der Waals surface area contributed by atoms with Crippen molar-refractivity contribution in [3.63, 3.8) is 0 Å². The van der Waals surface area contributed by atoms with Crippen molar-refractivity contribution < 1.29 is 50.9 Å². The lowest BCUT2D eigenvalue weighted by molar-refractivity contribution is -0.220. The van der Waals surface area contributed by atoms with Gasteiger partial charge in [-0.2, -0.15) is 13.2 Å². The molecule has 2 unspecified atom stereocenters. The largest absolute Gasteiger partial charge is 0.453 e. The molecule has 2 aromatic carbocycles. The van der Waals surface area contributed by atoms with Crippen molar-refractivity contribution in [1.82, 2.24) is 25.8 Å². The van der Waals surface area contributed by atoms with E-state index < -0.39 is 53.4 Å². The van der Waals surface area contributed by atoms with E-state index in [-0.39, 0.29) is 31.0 Å². The van der Waals surface area contributed by atoms with Crippen LogP contribution in [0.15, 0.2) is 54.7 Å². The Morgan fingerprint density at radius 1 is 0.918 bits per heavy atom. The third-order valence-electron chi connectivity index (χ3n) is 12.3. The molecule has 4 aliphatic heterocycles. The summed E-state index contributed by atoms with van der Waals surface area (Å²) in [7, 11) is 0.948. The van der Waals surface area contributed by atoms with Crippen molar-refractivity contribution in [2.75, 3.05) is 58.1 Å². The molecule has 4 saturated heterocycles. The van der Waals surface area contributed by atoms with Gasteiger partial charge < -0.3 is 40.2 Å². The maximum absolute atomic E-state index is 14.9. The number of carbonyl (C=O) groups is 2. The molecule has 17 heteroatoms. The van der Waals surface area contributed by atoms with E-state index in [4.69, 9.17) is 14.5 Å². The molecule has 3 aromatic rings. The van der Waals surface area contributed by atoms with Gasteiger partial charge in [-0.3, -0.25) is 9.69 Å². The number of aliphatic hydroxyl groups is 1. The highest BCUT2D eigenvalue weighted by molar-refractivity contribution is 5.87. The molecule has 1 aromatic heterocycles. The Bertz CT molecular complexity index is 2050. The number of amides is 2. The molecular formula is C44H51F5N6O6. The first-order chi connectivity index (χ1) is 29.1. The van der Waals surface area contributed by atoms with Crippen LogP contribution in [0.25, 0.3) is 0 Å². The van der Waals surface area contributed by atoms with Crippen LogP contribution in [0.1, 0.15) is 60.4 Å². The van der Waals surface area contributed by atoms with Gasteiger partial charge in [0.2, 0.25) is 5.91 Å².